The van der Waals surface area contributed by atoms with Crippen LogP contribution >= 0.6 is 0 Å². The molecule has 13 heavy (non-hydrogen) atoms. The largest absolute Gasteiger partial charge is 0.480 e. The summed E-state index contributed by atoms with van der Waals surface area (Å²) in [7, 11) is 1.50. The van der Waals surface area contributed by atoms with Crippen molar-refractivity contribution in [3.63, 3.8) is 0 Å². The van der Waals surface area contributed by atoms with Gasteiger partial charge in [0.05, 0.1) is 0 Å². The Morgan fingerprint density at radius 1 is 1.62 bits per heavy atom. The van der Waals surface area contributed by atoms with E-state index in [0.29, 0.717) is 5.69 Å². The maximum absolute atomic E-state index is 11.2. The summed E-state index contributed by atoms with van der Waals surface area (Å²) in [5, 5.41) is 10.9. The van der Waals surface area contributed by atoms with Gasteiger partial charge in [0, 0.05) is 13.2 Å². The Morgan fingerprint density at radius 3 is 2.85 bits per heavy atom. The van der Waals surface area contributed by atoms with Gasteiger partial charge in [-0.15, -0.1) is 0 Å². The van der Waals surface area contributed by atoms with Gasteiger partial charge in [-0.05, 0) is 12.1 Å². The average molecular weight is 182 g/mol. The first-order chi connectivity index (χ1) is 6.15. The normalized spacial score (nSPS) is 9.62. The van der Waals surface area contributed by atoms with Crippen LogP contribution < -0.4 is 5.32 Å². The summed E-state index contributed by atoms with van der Waals surface area (Å²) in [6.45, 7) is -0.199. The molecule has 1 aromatic rings. The third kappa shape index (κ3) is 2.08. The molecule has 0 bridgehead atoms. The lowest BCUT2D eigenvalue weighted by atomic mass is 10.4. The Labute approximate surface area is 75.0 Å². The molecule has 5 nitrogen and oxygen atoms in total. The molecular weight excluding hydrogens is 172 g/mol. The Hall–Kier alpha value is -1.78. The molecule has 1 aromatic heterocycles. The number of hydrogen-bond acceptors (Lipinski definition) is 2. The number of carboxylic acid groups (broad SMARTS) is 1. The van der Waals surface area contributed by atoms with E-state index in [1.807, 2.05) is 0 Å². The molecule has 0 saturated carbocycles. The molecule has 1 heterocycles. The number of rotatable bonds is 3. The minimum atomic E-state index is -0.971. The number of hydrogen-bond donors (Lipinski definition) is 2. The van der Waals surface area contributed by atoms with Crippen molar-refractivity contribution in [2.75, 3.05) is 7.05 Å². The van der Waals surface area contributed by atoms with Crippen molar-refractivity contribution >= 4 is 11.9 Å². The molecule has 0 atom stereocenters. The van der Waals surface area contributed by atoms with Gasteiger partial charge in [0.15, 0.2) is 0 Å². The molecule has 0 spiro atoms. The maximum atomic E-state index is 11.2. The number of nitrogens with one attached hydrogen (secondary N) is 1. The molecular formula is C8H10N2O3. The third-order valence-corrected chi connectivity index (χ3v) is 1.59. The summed E-state index contributed by atoms with van der Waals surface area (Å²) in [6, 6.07) is 3.20. The van der Waals surface area contributed by atoms with Crippen LogP contribution in [-0.2, 0) is 11.3 Å². The van der Waals surface area contributed by atoms with Crippen molar-refractivity contribution in [2.24, 2.45) is 0 Å². The smallest absolute Gasteiger partial charge is 0.323 e. The van der Waals surface area contributed by atoms with E-state index in [1.54, 1.807) is 18.3 Å². The summed E-state index contributed by atoms with van der Waals surface area (Å²) in [5.74, 6) is -1.26. The minimum Gasteiger partial charge on any atom is -0.480 e. The van der Waals surface area contributed by atoms with Gasteiger partial charge in [-0.25, -0.2) is 0 Å². The SMILES string of the molecule is CNC(=O)c1cccn1CC(=O)O. The summed E-state index contributed by atoms with van der Waals surface area (Å²) in [6.07, 6.45) is 1.55. The zero-order valence-corrected chi connectivity index (χ0v) is 7.15. The molecule has 5 heteroatoms. The molecule has 0 aliphatic heterocycles. The number of aromatic nitrogens is 1. The second-order valence-electron chi connectivity index (χ2n) is 2.49. The van der Waals surface area contributed by atoms with Crippen LogP contribution in [0.2, 0.25) is 0 Å². The second kappa shape index (κ2) is 3.75. The molecule has 0 aromatic carbocycles. The van der Waals surface area contributed by atoms with E-state index in [1.165, 1.54) is 11.6 Å². The Morgan fingerprint density at radius 2 is 2.31 bits per heavy atom. The van der Waals surface area contributed by atoms with Crippen molar-refractivity contribution in [2.45, 2.75) is 6.54 Å². The summed E-state index contributed by atoms with van der Waals surface area (Å²) < 4.78 is 1.38. The van der Waals surface area contributed by atoms with Crippen LogP contribution in [0.25, 0.3) is 0 Å². The molecule has 70 valence electrons. The first-order valence-corrected chi connectivity index (χ1v) is 3.74. The Balaban J connectivity index is 2.89. The van der Waals surface area contributed by atoms with Crippen LogP contribution in [0.15, 0.2) is 18.3 Å². The molecule has 1 amide bonds. The van der Waals surface area contributed by atoms with Crippen LogP contribution in [0.1, 0.15) is 10.5 Å². The maximum Gasteiger partial charge on any atom is 0.323 e. The molecule has 1 rings (SSSR count). The molecule has 0 unspecified atom stereocenters. The second-order valence-corrected chi connectivity index (χ2v) is 2.49. The van der Waals surface area contributed by atoms with Gasteiger partial charge in [-0.3, -0.25) is 9.59 Å². The van der Waals surface area contributed by atoms with Crippen molar-refractivity contribution in [3.05, 3.63) is 24.0 Å². The van der Waals surface area contributed by atoms with E-state index < -0.39 is 5.97 Å². The minimum absolute atomic E-state index is 0.199. The van der Waals surface area contributed by atoms with E-state index in [-0.39, 0.29) is 12.5 Å². The average Bonchev–Trinajstić information content (AvgIpc) is 2.50. The predicted octanol–water partition coefficient (Wildman–Crippen LogP) is -0.0677. The van der Waals surface area contributed by atoms with E-state index in [0.717, 1.165) is 0 Å². The highest BCUT2D eigenvalue weighted by Gasteiger charge is 2.10. The molecule has 0 fully saturated rings. The van der Waals surface area contributed by atoms with Gasteiger partial charge in [0.25, 0.3) is 5.91 Å². The quantitative estimate of drug-likeness (QED) is 0.687. The fourth-order valence-corrected chi connectivity index (χ4v) is 1.03. The Bertz CT molecular complexity index is 330. The van der Waals surface area contributed by atoms with Gasteiger partial charge in [-0.1, -0.05) is 0 Å². The van der Waals surface area contributed by atoms with Gasteiger partial charge in [-0.2, -0.15) is 0 Å². The van der Waals surface area contributed by atoms with Crippen molar-refractivity contribution < 1.29 is 14.7 Å². The highest BCUT2D eigenvalue weighted by molar-refractivity contribution is 5.92. The van der Waals surface area contributed by atoms with Gasteiger partial charge < -0.3 is 15.0 Å². The number of carbonyl (C=O) groups is 2. The van der Waals surface area contributed by atoms with Crippen LogP contribution in [0.5, 0.6) is 0 Å². The fourth-order valence-electron chi connectivity index (χ4n) is 1.03. The van der Waals surface area contributed by atoms with Crippen LogP contribution in [0.3, 0.4) is 0 Å². The fraction of sp³-hybridized carbons (Fsp3) is 0.250. The highest BCUT2D eigenvalue weighted by Crippen LogP contribution is 2.01. The number of amides is 1. The molecule has 0 saturated heterocycles. The molecule has 0 aliphatic carbocycles. The summed E-state index contributed by atoms with van der Waals surface area (Å²) >= 11 is 0. The zero-order chi connectivity index (χ0) is 9.84. The van der Waals surface area contributed by atoms with Gasteiger partial charge in [0.1, 0.15) is 12.2 Å². The lowest BCUT2D eigenvalue weighted by Gasteiger charge is -2.03. The van der Waals surface area contributed by atoms with Gasteiger partial charge in [0.2, 0.25) is 0 Å². The van der Waals surface area contributed by atoms with Crippen LogP contribution in [0.4, 0.5) is 0 Å². The van der Waals surface area contributed by atoms with E-state index in [2.05, 4.69) is 5.32 Å². The number of nitrogens with zero attached hydrogens (tertiary/aromatic N) is 1. The predicted molar refractivity (Wildman–Crippen MR) is 45.5 cm³/mol. The standard InChI is InChI=1S/C8H10N2O3/c1-9-8(13)6-3-2-4-10(6)5-7(11)12/h2-4H,5H2,1H3,(H,9,13)(H,11,12). The van der Waals surface area contributed by atoms with Gasteiger partial charge >= 0.3 is 5.97 Å². The van der Waals surface area contributed by atoms with Crippen molar-refractivity contribution in [1.82, 2.24) is 9.88 Å². The van der Waals surface area contributed by atoms with E-state index in [4.69, 9.17) is 5.11 Å². The first-order valence-electron chi connectivity index (χ1n) is 3.74. The van der Waals surface area contributed by atoms with E-state index in [9.17, 15) is 9.59 Å². The topological polar surface area (TPSA) is 71.3 Å². The highest BCUT2D eigenvalue weighted by atomic mass is 16.4. The summed E-state index contributed by atoms with van der Waals surface area (Å²) in [4.78, 5) is 21.5. The molecule has 0 aliphatic rings. The number of carbonyl (C=O) groups excluding carboxylic acids is 1. The lowest BCUT2D eigenvalue weighted by Crippen LogP contribution is -2.23. The first kappa shape index (κ1) is 9.31. The van der Waals surface area contributed by atoms with Crippen LogP contribution in [0, 0.1) is 0 Å². The number of aliphatic carboxylic acids is 1. The monoisotopic (exact) mass is 182 g/mol. The Kier molecular flexibility index (Phi) is 2.69. The molecule has 0 radical (unpaired) electrons. The lowest BCUT2D eigenvalue weighted by molar-refractivity contribution is -0.137. The van der Waals surface area contributed by atoms with Crippen molar-refractivity contribution in [1.29, 1.82) is 0 Å². The zero-order valence-electron chi connectivity index (χ0n) is 7.15. The van der Waals surface area contributed by atoms with Crippen molar-refractivity contribution in [3.8, 4) is 0 Å². The van der Waals surface area contributed by atoms with Crippen LogP contribution in [-0.4, -0.2) is 28.6 Å². The molecule has 2 N–H and O–H groups in total. The summed E-state index contributed by atoms with van der Waals surface area (Å²) in [5.41, 5.74) is 0.352. The number of carboxylic acids is 1. The van der Waals surface area contributed by atoms with E-state index >= 15 is 0 Å². The third-order valence-electron chi connectivity index (χ3n) is 1.59.